The Morgan fingerprint density at radius 2 is 1.15 bits per heavy atom. The molecule has 0 spiro atoms. The number of hydrogen-bond donors (Lipinski definition) is 0. The molecule has 0 bridgehead atoms. The SMILES string of the molecule is CCCC(O[C]=O)C(c1ccccc1)(c1ccccc1)c1ccccc1. The van der Waals surface area contributed by atoms with Gasteiger partial charge in [0.2, 0.25) is 0 Å². The van der Waals surface area contributed by atoms with Crippen LogP contribution in [0.5, 0.6) is 0 Å². The van der Waals surface area contributed by atoms with Crippen molar-refractivity contribution in [2.45, 2.75) is 31.3 Å². The lowest BCUT2D eigenvalue weighted by atomic mass is 9.65. The van der Waals surface area contributed by atoms with Crippen molar-refractivity contribution in [2.75, 3.05) is 0 Å². The summed E-state index contributed by atoms with van der Waals surface area (Å²) in [7, 11) is 0. The molecule has 3 aromatic rings. The highest BCUT2D eigenvalue weighted by atomic mass is 16.5. The molecular weight excluding hydrogens is 320 g/mol. The topological polar surface area (TPSA) is 26.3 Å². The highest BCUT2D eigenvalue weighted by Crippen LogP contribution is 2.44. The van der Waals surface area contributed by atoms with Crippen LogP contribution in [0.1, 0.15) is 36.5 Å². The van der Waals surface area contributed by atoms with Crippen LogP contribution in [0.15, 0.2) is 91.0 Å². The lowest BCUT2D eigenvalue weighted by Gasteiger charge is -2.41. The molecule has 26 heavy (non-hydrogen) atoms. The van der Waals surface area contributed by atoms with Gasteiger partial charge in [-0.2, -0.15) is 0 Å². The quantitative estimate of drug-likeness (QED) is 0.521. The molecule has 0 amide bonds. The van der Waals surface area contributed by atoms with E-state index in [4.69, 9.17) is 4.74 Å². The molecule has 0 aliphatic rings. The van der Waals surface area contributed by atoms with Gasteiger partial charge in [0.15, 0.2) is 0 Å². The van der Waals surface area contributed by atoms with Gasteiger partial charge in [-0.05, 0) is 23.1 Å². The van der Waals surface area contributed by atoms with E-state index >= 15 is 0 Å². The lowest BCUT2D eigenvalue weighted by Crippen LogP contribution is -2.43. The second-order valence-electron chi connectivity index (χ2n) is 6.38. The van der Waals surface area contributed by atoms with Gasteiger partial charge in [-0.25, -0.2) is 4.79 Å². The molecule has 2 nitrogen and oxygen atoms in total. The summed E-state index contributed by atoms with van der Waals surface area (Å²) in [5.41, 5.74) is 2.72. The highest BCUT2D eigenvalue weighted by Gasteiger charge is 2.44. The zero-order chi connectivity index (χ0) is 18.2. The second kappa shape index (κ2) is 8.48. The molecule has 0 aliphatic carbocycles. The Morgan fingerprint density at radius 1 is 0.769 bits per heavy atom. The van der Waals surface area contributed by atoms with E-state index in [0.717, 1.165) is 29.5 Å². The zero-order valence-electron chi connectivity index (χ0n) is 15.0. The Kier molecular flexibility index (Phi) is 5.85. The molecule has 1 unspecified atom stereocenters. The summed E-state index contributed by atoms with van der Waals surface area (Å²) < 4.78 is 5.61. The van der Waals surface area contributed by atoms with Gasteiger partial charge in [0.05, 0.1) is 5.41 Å². The van der Waals surface area contributed by atoms with Gasteiger partial charge in [0.1, 0.15) is 6.10 Å². The third-order valence-electron chi connectivity index (χ3n) is 4.91. The van der Waals surface area contributed by atoms with Crippen LogP contribution in [-0.2, 0) is 14.9 Å². The smallest absolute Gasteiger partial charge is 0.417 e. The zero-order valence-corrected chi connectivity index (χ0v) is 15.0. The van der Waals surface area contributed by atoms with Crippen LogP contribution < -0.4 is 0 Å². The molecular formula is C24H23O2. The molecule has 0 saturated carbocycles. The van der Waals surface area contributed by atoms with Crippen molar-refractivity contribution < 1.29 is 9.53 Å². The molecule has 0 heterocycles. The number of rotatable bonds is 8. The van der Waals surface area contributed by atoms with Gasteiger partial charge < -0.3 is 4.74 Å². The molecule has 1 radical (unpaired) electrons. The maximum absolute atomic E-state index is 11.3. The van der Waals surface area contributed by atoms with E-state index in [0.29, 0.717) is 0 Å². The second-order valence-corrected chi connectivity index (χ2v) is 6.38. The number of ether oxygens (including phenoxy) is 1. The predicted octanol–water partition coefficient (Wildman–Crippen LogP) is 5.27. The van der Waals surface area contributed by atoms with Gasteiger partial charge in [-0.15, -0.1) is 0 Å². The molecule has 0 fully saturated rings. The van der Waals surface area contributed by atoms with Crippen molar-refractivity contribution in [3.05, 3.63) is 108 Å². The van der Waals surface area contributed by atoms with Gasteiger partial charge in [-0.1, -0.05) is 104 Å². The van der Waals surface area contributed by atoms with Gasteiger partial charge in [0, 0.05) is 0 Å². The third kappa shape index (κ3) is 3.28. The van der Waals surface area contributed by atoms with E-state index in [1.807, 2.05) is 54.6 Å². The predicted molar refractivity (Wildman–Crippen MR) is 105 cm³/mol. The first kappa shape index (κ1) is 17.9. The van der Waals surface area contributed by atoms with Crippen molar-refractivity contribution >= 4 is 6.47 Å². The van der Waals surface area contributed by atoms with Crippen molar-refractivity contribution in [2.24, 2.45) is 0 Å². The molecule has 0 aliphatic heterocycles. The van der Waals surface area contributed by atoms with Gasteiger partial charge >= 0.3 is 6.47 Å². The summed E-state index contributed by atoms with van der Waals surface area (Å²) in [5, 5.41) is 0. The van der Waals surface area contributed by atoms with Crippen LogP contribution >= 0.6 is 0 Å². The molecule has 1 atom stereocenters. The molecule has 131 valence electrons. The first-order chi connectivity index (χ1) is 12.8. The van der Waals surface area contributed by atoms with Crippen LogP contribution in [0, 0.1) is 0 Å². The monoisotopic (exact) mass is 343 g/mol. The first-order valence-electron chi connectivity index (χ1n) is 9.03. The molecule has 0 saturated heterocycles. The van der Waals surface area contributed by atoms with E-state index in [9.17, 15) is 4.79 Å². The van der Waals surface area contributed by atoms with Crippen LogP contribution in [0.2, 0.25) is 0 Å². The standard InChI is InChI=1S/C24H23O2/c1-2-12-23(26-19-25)24(20-13-6-3-7-14-20,21-15-8-4-9-16-21)22-17-10-5-11-18-22/h3-11,13-18,23H,2,12H2,1H3. The molecule has 0 aromatic heterocycles. The Hall–Kier alpha value is -2.87. The molecule has 2 heteroatoms. The largest absolute Gasteiger partial charge is 0.452 e. The Morgan fingerprint density at radius 3 is 1.46 bits per heavy atom. The van der Waals surface area contributed by atoms with E-state index in [1.165, 1.54) is 0 Å². The maximum atomic E-state index is 11.3. The highest BCUT2D eigenvalue weighted by molar-refractivity contribution is 5.53. The summed E-state index contributed by atoms with van der Waals surface area (Å²) in [6.07, 6.45) is 1.30. The Bertz CT molecular complexity index is 701. The average Bonchev–Trinajstić information content (AvgIpc) is 2.71. The minimum Gasteiger partial charge on any atom is -0.452 e. The van der Waals surface area contributed by atoms with E-state index in [1.54, 1.807) is 6.47 Å². The average molecular weight is 343 g/mol. The summed E-state index contributed by atoms with van der Waals surface area (Å²) >= 11 is 0. The van der Waals surface area contributed by atoms with Crippen LogP contribution in [0.25, 0.3) is 0 Å². The van der Waals surface area contributed by atoms with E-state index in [2.05, 4.69) is 43.3 Å². The van der Waals surface area contributed by atoms with E-state index < -0.39 is 5.41 Å². The van der Waals surface area contributed by atoms with Gasteiger partial charge in [0.25, 0.3) is 0 Å². The summed E-state index contributed by atoms with van der Waals surface area (Å²) in [6, 6.07) is 30.9. The summed E-state index contributed by atoms with van der Waals surface area (Å²) in [4.78, 5) is 11.3. The van der Waals surface area contributed by atoms with Gasteiger partial charge in [-0.3, -0.25) is 0 Å². The minimum absolute atomic E-state index is 0.350. The maximum Gasteiger partial charge on any atom is 0.417 e. The fourth-order valence-corrected chi connectivity index (χ4v) is 3.84. The van der Waals surface area contributed by atoms with Crippen molar-refractivity contribution in [1.29, 1.82) is 0 Å². The number of benzene rings is 3. The molecule has 3 rings (SSSR count). The summed E-state index contributed by atoms with van der Waals surface area (Å²) in [5.74, 6) is 0. The Balaban J connectivity index is 2.36. The van der Waals surface area contributed by atoms with Crippen LogP contribution in [0.4, 0.5) is 0 Å². The molecule has 3 aromatic carbocycles. The van der Waals surface area contributed by atoms with Crippen LogP contribution in [-0.4, -0.2) is 12.6 Å². The van der Waals surface area contributed by atoms with Crippen molar-refractivity contribution in [3.8, 4) is 0 Å². The van der Waals surface area contributed by atoms with Crippen molar-refractivity contribution in [1.82, 2.24) is 0 Å². The third-order valence-corrected chi connectivity index (χ3v) is 4.91. The normalized spacial score (nSPS) is 12.3. The van der Waals surface area contributed by atoms with E-state index in [-0.39, 0.29) is 6.10 Å². The molecule has 0 N–H and O–H groups in total. The number of hydrogen-bond acceptors (Lipinski definition) is 2. The van der Waals surface area contributed by atoms with Crippen molar-refractivity contribution in [3.63, 3.8) is 0 Å². The first-order valence-corrected chi connectivity index (χ1v) is 9.03. The lowest BCUT2D eigenvalue weighted by molar-refractivity contribution is 0.117. The Labute approximate surface area is 155 Å². The van der Waals surface area contributed by atoms with Crippen LogP contribution in [0.3, 0.4) is 0 Å². The minimum atomic E-state index is -0.586. The fraction of sp³-hybridized carbons (Fsp3) is 0.208. The number of carbonyl (C=O) groups excluding carboxylic acids is 1. The summed E-state index contributed by atoms with van der Waals surface area (Å²) in [6.45, 7) is 3.82. The fourth-order valence-electron chi connectivity index (χ4n) is 3.84.